The first-order valence-electron chi connectivity index (χ1n) is 10.5. The number of carbonyl (C=O) groups is 1. The second-order valence-corrected chi connectivity index (χ2v) is 9.23. The van der Waals surface area contributed by atoms with E-state index in [2.05, 4.69) is 40.0 Å². The molecule has 0 amide bonds. The highest BCUT2D eigenvalue weighted by atomic mass is 79.9. The number of methoxy groups -OCH3 is 1. The Morgan fingerprint density at radius 3 is 2.61 bits per heavy atom. The fraction of sp³-hybridized carbons (Fsp3) is 0.458. The molecule has 2 aliphatic rings. The zero-order valence-electron chi connectivity index (χ0n) is 17.9. The molecule has 31 heavy (non-hydrogen) atoms. The maximum atomic E-state index is 13.2. The van der Waals surface area contributed by atoms with Crippen molar-refractivity contribution in [1.29, 1.82) is 0 Å². The van der Waals surface area contributed by atoms with E-state index in [-0.39, 0.29) is 36.3 Å². The van der Waals surface area contributed by atoms with Crippen LogP contribution in [-0.2, 0) is 16.0 Å². The SMILES string of the molecule is COc1ccc([C@H]2C[C@@H]3CC[C@H]([C@H]2C(=O)OCCc2ccc(N)c(Br)c2)N3C)cc1.Cl. The van der Waals surface area contributed by atoms with Gasteiger partial charge in [0.15, 0.2) is 0 Å². The molecular formula is C24H30BrClN2O3. The number of anilines is 1. The molecule has 2 N–H and O–H groups in total. The van der Waals surface area contributed by atoms with Gasteiger partial charge in [-0.1, -0.05) is 18.2 Å². The second-order valence-electron chi connectivity index (χ2n) is 8.38. The molecule has 2 bridgehead atoms. The molecule has 2 aromatic rings. The number of nitrogens with two attached hydrogens (primary N) is 1. The third-order valence-corrected chi connectivity index (χ3v) is 7.47. The minimum absolute atomic E-state index is 0. The van der Waals surface area contributed by atoms with Crippen LogP contribution in [0.4, 0.5) is 5.69 Å². The molecule has 0 unspecified atom stereocenters. The number of benzene rings is 2. The lowest BCUT2D eigenvalue weighted by Gasteiger charge is -2.42. The molecular weight excluding hydrogens is 480 g/mol. The minimum Gasteiger partial charge on any atom is -0.497 e. The van der Waals surface area contributed by atoms with Crippen LogP contribution in [0, 0.1) is 5.92 Å². The van der Waals surface area contributed by atoms with E-state index in [9.17, 15) is 4.79 Å². The van der Waals surface area contributed by atoms with Crippen molar-refractivity contribution >= 4 is 40.0 Å². The Morgan fingerprint density at radius 2 is 1.94 bits per heavy atom. The number of hydrogen-bond donors (Lipinski definition) is 1. The van der Waals surface area contributed by atoms with Crippen molar-refractivity contribution in [2.24, 2.45) is 5.92 Å². The Labute approximate surface area is 198 Å². The van der Waals surface area contributed by atoms with Crippen LogP contribution in [0.3, 0.4) is 0 Å². The Balaban J connectivity index is 0.00000272. The van der Waals surface area contributed by atoms with Gasteiger partial charge in [-0.2, -0.15) is 0 Å². The van der Waals surface area contributed by atoms with Crippen LogP contribution in [0.1, 0.15) is 36.3 Å². The monoisotopic (exact) mass is 508 g/mol. The highest BCUT2D eigenvalue weighted by Crippen LogP contribution is 2.46. The number of rotatable bonds is 6. The Kier molecular flexibility index (Phi) is 7.89. The predicted octanol–water partition coefficient (Wildman–Crippen LogP) is 4.81. The highest BCUT2D eigenvalue weighted by molar-refractivity contribution is 9.10. The molecule has 2 fully saturated rings. The van der Waals surface area contributed by atoms with Gasteiger partial charge in [-0.15, -0.1) is 12.4 Å². The van der Waals surface area contributed by atoms with Crippen molar-refractivity contribution in [3.63, 3.8) is 0 Å². The first-order chi connectivity index (χ1) is 14.5. The van der Waals surface area contributed by atoms with Gasteiger partial charge >= 0.3 is 5.97 Å². The molecule has 0 aliphatic carbocycles. The van der Waals surface area contributed by atoms with Crippen LogP contribution in [0.2, 0.25) is 0 Å². The summed E-state index contributed by atoms with van der Waals surface area (Å²) in [6, 6.07) is 14.8. The number of carbonyl (C=O) groups excluding carboxylic acids is 1. The van der Waals surface area contributed by atoms with Gasteiger partial charge in [0, 0.05) is 34.6 Å². The predicted molar refractivity (Wildman–Crippen MR) is 129 cm³/mol. The summed E-state index contributed by atoms with van der Waals surface area (Å²) in [5.74, 6) is 0.800. The van der Waals surface area contributed by atoms with Crippen molar-refractivity contribution in [2.45, 2.75) is 43.7 Å². The first kappa shape index (κ1) is 23.9. The number of ether oxygens (including phenoxy) is 2. The van der Waals surface area contributed by atoms with Gasteiger partial charge in [0.2, 0.25) is 0 Å². The molecule has 7 heteroatoms. The zero-order chi connectivity index (χ0) is 21.3. The summed E-state index contributed by atoms with van der Waals surface area (Å²) < 4.78 is 12.0. The lowest BCUT2D eigenvalue weighted by atomic mass is 9.76. The number of nitrogen functional groups attached to an aromatic ring is 1. The molecule has 2 heterocycles. The zero-order valence-corrected chi connectivity index (χ0v) is 20.3. The molecule has 5 nitrogen and oxygen atoms in total. The van der Waals surface area contributed by atoms with Crippen molar-refractivity contribution in [3.8, 4) is 5.75 Å². The third-order valence-electron chi connectivity index (χ3n) is 6.78. The molecule has 2 saturated heterocycles. The van der Waals surface area contributed by atoms with E-state index in [0.717, 1.165) is 35.0 Å². The summed E-state index contributed by atoms with van der Waals surface area (Å²) in [6.07, 6.45) is 3.87. The van der Waals surface area contributed by atoms with Crippen LogP contribution in [0.25, 0.3) is 0 Å². The molecule has 2 aromatic carbocycles. The largest absolute Gasteiger partial charge is 0.497 e. The second kappa shape index (κ2) is 10.2. The van der Waals surface area contributed by atoms with E-state index in [0.29, 0.717) is 24.8 Å². The van der Waals surface area contributed by atoms with Crippen molar-refractivity contribution in [1.82, 2.24) is 4.90 Å². The van der Waals surface area contributed by atoms with Gasteiger partial charge in [-0.05, 0) is 77.6 Å². The highest BCUT2D eigenvalue weighted by Gasteiger charge is 2.49. The molecule has 0 saturated carbocycles. The van der Waals surface area contributed by atoms with Gasteiger partial charge < -0.3 is 15.2 Å². The Bertz CT molecular complexity index is 908. The third kappa shape index (κ3) is 5.02. The quantitative estimate of drug-likeness (QED) is 0.447. The van der Waals surface area contributed by atoms with Crippen molar-refractivity contribution < 1.29 is 14.3 Å². The normalized spacial score (nSPS) is 25.0. The van der Waals surface area contributed by atoms with Crippen LogP contribution < -0.4 is 10.5 Å². The summed E-state index contributed by atoms with van der Waals surface area (Å²) in [4.78, 5) is 15.6. The fourth-order valence-corrected chi connectivity index (χ4v) is 5.50. The molecule has 0 radical (unpaired) electrons. The number of halogens is 2. The summed E-state index contributed by atoms with van der Waals surface area (Å²) in [5, 5.41) is 0. The van der Waals surface area contributed by atoms with Gasteiger partial charge in [0.25, 0.3) is 0 Å². The van der Waals surface area contributed by atoms with Gasteiger partial charge in [0.1, 0.15) is 5.75 Å². The van der Waals surface area contributed by atoms with E-state index >= 15 is 0 Å². The van der Waals surface area contributed by atoms with Crippen LogP contribution in [0.15, 0.2) is 46.9 Å². The van der Waals surface area contributed by atoms with Gasteiger partial charge in [-0.3, -0.25) is 9.69 Å². The summed E-state index contributed by atoms with van der Waals surface area (Å²) >= 11 is 3.45. The molecule has 0 spiro atoms. The number of fused-ring (bicyclic) bond motifs is 2. The molecule has 4 rings (SSSR count). The molecule has 4 atom stereocenters. The van der Waals surface area contributed by atoms with E-state index in [1.54, 1.807) is 7.11 Å². The number of piperidine rings is 1. The minimum atomic E-state index is -0.139. The van der Waals surface area contributed by atoms with E-state index in [4.69, 9.17) is 15.2 Å². The standard InChI is InChI=1S/C24H29BrN2O3.ClH/c1-27-17-6-10-22(27)23(19(14-17)16-4-7-18(29-2)8-5-16)24(28)30-12-11-15-3-9-21(26)20(25)13-15;/h3-5,7-9,13,17,19,22-23H,6,10-12,14,26H2,1-2H3;1H/t17-,19+,22+,23-;/m0./s1. The smallest absolute Gasteiger partial charge is 0.311 e. The lowest BCUT2D eigenvalue weighted by Crippen LogP contribution is -2.49. The van der Waals surface area contributed by atoms with E-state index in [1.165, 1.54) is 5.56 Å². The Hall–Kier alpha value is -1.76. The fourth-order valence-electron chi connectivity index (χ4n) is 5.07. The van der Waals surface area contributed by atoms with Crippen LogP contribution in [-0.4, -0.2) is 43.7 Å². The number of hydrogen-bond acceptors (Lipinski definition) is 5. The summed E-state index contributed by atoms with van der Waals surface area (Å²) in [6.45, 7) is 0.376. The summed E-state index contributed by atoms with van der Waals surface area (Å²) in [5.41, 5.74) is 8.86. The van der Waals surface area contributed by atoms with E-state index < -0.39 is 0 Å². The van der Waals surface area contributed by atoms with Crippen molar-refractivity contribution in [3.05, 3.63) is 58.1 Å². The molecule has 0 aromatic heterocycles. The van der Waals surface area contributed by atoms with Crippen molar-refractivity contribution in [2.75, 3.05) is 26.5 Å². The molecule has 168 valence electrons. The lowest BCUT2D eigenvalue weighted by molar-refractivity contribution is -0.153. The molecule has 2 aliphatic heterocycles. The van der Waals surface area contributed by atoms with Gasteiger partial charge in [0.05, 0.1) is 19.6 Å². The first-order valence-corrected chi connectivity index (χ1v) is 11.3. The topological polar surface area (TPSA) is 64.8 Å². The average Bonchev–Trinajstić information content (AvgIpc) is 2.98. The van der Waals surface area contributed by atoms with Crippen LogP contribution >= 0.6 is 28.3 Å². The van der Waals surface area contributed by atoms with E-state index in [1.807, 2.05) is 30.3 Å². The summed E-state index contributed by atoms with van der Waals surface area (Å²) in [7, 11) is 3.82. The maximum absolute atomic E-state index is 13.2. The maximum Gasteiger partial charge on any atom is 0.311 e. The van der Waals surface area contributed by atoms with Crippen LogP contribution in [0.5, 0.6) is 5.75 Å². The number of esters is 1. The van der Waals surface area contributed by atoms with Gasteiger partial charge in [-0.25, -0.2) is 0 Å². The number of nitrogens with zero attached hydrogens (tertiary/aromatic N) is 1. The Morgan fingerprint density at radius 1 is 1.19 bits per heavy atom. The average molecular weight is 510 g/mol.